The highest BCUT2D eigenvalue weighted by Crippen LogP contribution is 2.21. The Kier molecular flexibility index (Phi) is 5.39. The second kappa shape index (κ2) is 8.09. The van der Waals surface area contributed by atoms with Crippen LogP contribution < -0.4 is 14.8 Å². The molecule has 1 atom stereocenters. The summed E-state index contributed by atoms with van der Waals surface area (Å²) in [5, 5.41) is 3.05. The summed E-state index contributed by atoms with van der Waals surface area (Å²) in [6.07, 6.45) is 8.98. The molecule has 2 heterocycles. The molecule has 2 aliphatic rings. The zero-order valence-electron chi connectivity index (χ0n) is 16.0. The summed E-state index contributed by atoms with van der Waals surface area (Å²) in [5.74, 6) is 0.00915. The van der Waals surface area contributed by atoms with Crippen molar-refractivity contribution in [2.75, 3.05) is 36.5 Å². The number of amides is 1. The maximum Gasteiger partial charge on any atom is 0.293 e. The summed E-state index contributed by atoms with van der Waals surface area (Å²) >= 11 is 0. The molecular formula is C22H28N3O2+. The number of aryl methyl sites for hydroxylation is 2. The van der Waals surface area contributed by atoms with E-state index in [9.17, 15) is 4.79 Å². The molecule has 5 heteroatoms. The van der Waals surface area contributed by atoms with Crippen LogP contribution in [0.5, 0.6) is 0 Å². The van der Waals surface area contributed by atoms with E-state index < -0.39 is 0 Å². The fourth-order valence-electron chi connectivity index (χ4n) is 3.89. The molecule has 1 aromatic heterocycles. The smallest absolute Gasteiger partial charge is 0.293 e. The summed E-state index contributed by atoms with van der Waals surface area (Å²) in [7, 11) is 0. The van der Waals surface area contributed by atoms with Gasteiger partial charge in [0.05, 0.1) is 13.2 Å². The normalized spacial score (nSPS) is 17.9. The molecule has 142 valence electrons. The molecule has 4 rings (SSSR count). The molecule has 0 saturated carbocycles. The predicted molar refractivity (Wildman–Crippen MR) is 106 cm³/mol. The van der Waals surface area contributed by atoms with Crippen LogP contribution in [-0.4, -0.2) is 32.2 Å². The van der Waals surface area contributed by atoms with Gasteiger partial charge in [-0.05, 0) is 55.5 Å². The van der Waals surface area contributed by atoms with Gasteiger partial charge in [0, 0.05) is 43.0 Å². The van der Waals surface area contributed by atoms with Gasteiger partial charge in [-0.3, -0.25) is 4.79 Å². The van der Waals surface area contributed by atoms with Crippen LogP contribution in [0.25, 0.3) is 0 Å². The summed E-state index contributed by atoms with van der Waals surface area (Å²) in [4.78, 5) is 15.0. The monoisotopic (exact) mass is 366 g/mol. The lowest BCUT2D eigenvalue weighted by Crippen LogP contribution is -2.44. The Morgan fingerprint density at radius 2 is 1.78 bits per heavy atom. The molecule has 2 aromatic rings. The number of aromatic nitrogens is 1. The van der Waals surface area contributed by atoms with E-state index in [4.69, 9.17) is 4.74 Å². The average Bonchev–Trinajstić information content (AvgIpc) is 2.74. The van der Waals surface area contributed by atoms with Crippen molar-refractivity contribution in [3.8, 4) is 0 Å². The molecule has 1 aliphatic heterocycles. The highest BCUT2D eigenvalue weighted by Gasteiger charge is 2.24. The molecule has 1 N–H and O–H groups in total. The minimum absolute atomic E-state index is 0.00915. The second-order valence-corrected chi connectivity index (χ2v) is 7.46. The van der Waals surface area contributed by atoms with Crippen molar-refractivity contribution in [1.29, 1.82) is 0 Å². The minimum Gasteiger partial charge on any atom is -0.378 e. The zero-order valence-corrected chi connectivity index (χ0v) is 16.0. The average molecular weight is 366 g/mol. The molecule has 1 fully saturated rings. The van der Waals surface area contributed by atoms with Gasteiger partial charge in [-0.2, -0.15) is 4.57 Å². The quantitative estimate of drug-likeness (QED) is 0.847. The number of benzene rings is 1. The molecule has 0 unspecified atom stereocenters. The number of nitrogens with one attached hydrogen (secondary N) is 1. The van der Waals surface area contributed by atoms with E-state index in [1.165, 1.54) is 29.7 Å². The van der Waals surface area contributed by atoms with Gasteiger partial charge >= 0.3 is 0 Å². The molecule has 1 aromatic carbocycles. The third-order valence-electron chi connectivity index (χ3n) is 5.65. The molecular weight excluding hydrogens is 338 g/mol. The van der Waals surface area contributed by atoms with Crippen molar-refractivity contribution in [2.24, 2.45) is 0 Å². The van der Waals surface area contributed by atoms with Crippen molar-refractivity contribution < 1.29 is 14.1 Å². The van der Waals surface area contributed by atoms with E-state index in [0.29, 0.717) is 0 Å². The van der Waals surface area contributed by atoms with Gasteiger partial charge < -0.3 is 15.0 Å². The van der Waals surface area contributed by atoms with E-state index in [-0.39, 0.29) is 11.9 Å². The van der Waals surface area contributed by atoms with Crippen LogP contribution in [-0.2, 0) is 22.4 Å². The molecule has 0 radical (unpaired) electrons. The van der Waals surface area contributed by atoms with E-state index in [1.54, 1.807) is 0 Å². The van der Waals surface area contributed by atoms with E-state index >= 15 is 0 Å². The predicted octanol–water partition coefficient (Wildman–Crippen LogP) is 2.89. The SMILES string of the molecule is C[C@H](C(=O)Nc1ccc(N2CCOCC2)cc1)[n+]1ccc2c(c1)CCCC2. The van der Waals surface area contributed by atoms with Crippen molar-refractivity contribution in [1.82, 2.24) is 0 Å². The summed E-state index contributed by atoms with van der Waals surface area (Å²) < 4.78 is 7.43. The van der Waals surface area contributed by atoms with Gasteiger partial charge in [0.15, 0.2) is 12.4 Å². The van der Waals surface area contributed by atoms with Crippen molar-refractivity contribution in [3.05, 3.63) is 53.9 Å². The van der Waals surface area contributed by atoms with Gasteiger partial charge in [-0.1, -0.05) is 0 Å². The number of nitrogens with zero attached hydrogens (tertiary/aromatic N) is 2. The van der Waals surface area contributed by atoms with Crippen molar-refractivity contribution in [2.45, 2.75) is 38.6 Å². The fourth-order valence-corrected chi connectivity index (χ4v) is 3.89. The van der Waals surface area contributed by atoms with Crippen LogP contribution in [0.1, 0.15) is 36.9 Å². The summed E-state index contributed by atoms with van der Waals surface area (Å²) in [6.45, 7) is 5.32. The van der Waals surface area contributed by atoms with Gasteiger partial charge in [0.25, 0.3) is 5.91 Å². The molecule has 5 nitrogen and oxygen atoms in total. The highest BCUT2D eigenvalue weighted by molar-refractivity contribution is 5.92. The molecule has 0 spiro atoms. The molecule has 1 amide bonds. The lowest BCUT2D eigenvalue weighted by atomic mass is 9.93. The number of ether oxygens (including phenoxy) is 1. The van der Waals surface area contributed by atoms with Crippen LogP contribution in [0.2, 0.25) is 0 Å². The topological polar surface area (TPSA) is 45.5 Å². The van der Waals surface area contributed by atoms with Crippen LogP contribution in [0.15, 0.2) is 42.7 Å². The van der Waals surface area contributed by atoms with Crippen LogP contribution in [0.4, 0.5) is 11.4 Å². The number of anilines is 2. The van der Waals surface area contributed by atoms with Gasteiger partial charge in [0.1, 0.15) is 0 Å². The van der Waals surface area contributed by atoms with E-state index in [0.717, 1.165) is 44.8 Å². The number of carbonyl (C=O) groups is 1. The molecule has 1 aliphatic carbocycles. The largest absolute Gasteiger partial charge is 0.378 e. The number of pyridine rings is 1. The first-order chi connectivity index (χ1) is 13.2. The third kappa shape index (κ3) is 4.14. The molecule has 1 saturated heterocycles. The summed E-state index contributed by atoms with van der Waals surface area (Å²) in [6, 6.07) is 10.0. The maximum absolute atomic E-state index is 12.7. The third-order valence-corrected chi connectivity index (χ3v) is 5.65. The zero-order chi connectivity index (χ0) is 18.6. The fraction of sp³-hybridized carbons (Fsp3) is 0.455. The Bertz CT molecular complexity index is 798. The lowest BCUT2D eigenvalue weighted by Gasteiger charge is -2.28. The highest BCUT2D eigenvalue weighted by atomic mass is 16.5. The Balaban J connectivity index is 1.40. The van der Waals surface area contributed by atoms with Crippen LogP contribution >= 0.6 is 0 Å². The van der Waals surface area contributed by atoms with Gasteiger partial charge in [0.2, 0.25) is 6.04 Å². The Morgan fingerprint density at radius 1 is 1.07 bits per heavy atom. The Labute approximate surface area is 161 Å². The van der Waals surface area contributed by atoms with E-state index in [1.807, 2.05) is 29.8 Å². The minimum atomic E-state index is -0.240. The van der Waals surface area contributed by atoms with E-state index in [2.05, 4.69) is 34.6 Å². The standard InChI is InChI=1S/C22H27N3O2/c1-17(25-11-10-18-4-2-3-5-19(18)16-25)22(26)23-20-6-8-21(9-7-20)24-12-14-27-15-13-24/h6-11,16-17H,2-5,12-15H2,1H3/p+1/t17-/m1/s1. The number of rotatable bonds is 4. The first kappa shape index (κ1) is 18.0. The Morgan fingerprint density at radius 3 is 2.52 bits per heavy atom. The second-order valence-electron chi connectivity index (χ2n) is 7.46. The molecule has 0 bridgehead atoms. The van der Waals surface area contributed by atoms with Gasteiger partial charge in [-0.25, -0.2) is 0 Å². The van der Waals surface area contributed by atoms with Crippen molar-refractivity contribution in [3.63, 3.8) is 0 Å². The number of fused-ring (bicyclic) bond motifs is 1. The number of carbonyl (C=O) groups excluding carboxylic acids is 1. The van der Waals surface area contributed by atoms with Crippen molar-refractivity contribution >= 4 is 17.3 Å². The Hall–Kier alpha value is -2.40. The van der Waals surface area contributed by atoms with Gasteiger partial charge in [-0.15, -0.1) is 0 Å². The number of hydrogen-bond acceptors (Lipinski definition) is 3. The first-order valence-corrected chi connectivity index (χ1v) is 9.97. The summed E-state index contributed by atoms with van der Waals surface area (Å²) in [5.41, 5.74) is 4.83. The lowest BCUT2D eigenvalue weighted by molar-refractivity contribution is -0.706. The first-order valence-electron chi connectivity index (χ1n) is 9.97. The number of morpholine rings is 1. The maximum atomic E-state index is 12.7. The molecule has 27 heavy (non-hydrogen) atoms. The van der Waals surface area contributed by atoms with Crippen LogP contribution in [0, 0.1) is 0 Å². The number of hydrogen-bond donors (Lipinski definition) is 1. The van der Waals surface area contributed by atoms with Crippen LogP contribution in [0.3, 0.4) is 0 Å².